The summed E-state index contributed by atoms with van der Waals surface area (Å²) in [5, 5.41) is 3.33. The number of nitrogens with zero attached hydrogens (tertiary/aromatic N) is 1. The first kappa shape index (κ1) is 23.9. The summed E-state index contributed by atoms with van der Waals surface area (Å²) in [7, 11) is 0. The third kappa shape index (κ3) is 4.81. The van der Waals surface area contributed by atoms with Crippen LogP contribution < -0.4 is 15.0 Å². The zero-order chi connectivity index (χ0) is 25.3. The van der Waals surface area contributed by atoms with Crippen molar-refractivity contribution in [2.24, 2.45) is 0 Å². The molecule has 0 aliphatic carbocycles. The van der Waals surface area contributed by atoms with Crippen LogP contribution in [0.25, 0.3) is 0 Å². The first-order valence-electron chi connectivity index (χ1n) is 11.1. The maximum absolute atomic E-state index is 13.6. The van der Waals surface area contributed by atoms with Crippen molar-refractivity contribution in [1.82, 2.24) is 0 Å². The maximum Gasteiger partial charge on any atom is 0.416 e. The lowest BCUT2D eigenvalue weighted by Gasteiger charge is -2.38. The molecule has 1 atom stereocenters. The van der Waals surface area contributed by atoms with Gasteiger partial charge in [0.05, 0.1) is 11.1 Å². The van der Waals surface area contributed by atoms with E-state index in [1.54, 1.807) is 42.5 Å². The lowest BCUT2D eigenvalue weighted by atomic mass is 10.0. The number of benzene rings is 4. The molecule has 182 valence electrons. The van der Waals surface area contributed by atoms with Crippen molar-refractivity contribution in [3.8, 4) is 5.75 Å². The second kappa shape index (κ2) is 9.70. The summed E-state index contributed by atoms with van der Waals surface area (Å²) in [6.45, 7) is 0.275. The minimum absolute atomic E-state index is 0.128. The van der Waals surface area contributed by atoms with Crippen molar-refractivity contribution in [1.29, 1.82) is 0 Å². The van der Waals surface area contributed by atoms with Gasteiger partial charge in [-0.2, -0.15) is 13.2 Å². The molecule has 0 spiro atoms. The largest absolute Gasteiger partial charge is 0.488 e. The van der Waals surface area contributed by atoms with Crippen LogP contribution in [0.5, 0.6) is 5.75 Å². The first-order chi connectivity index (χ1) is 17.3. The van der Waals surface area contributed by atoms with Crippen LogP contribution in [0.1, 0.15) is 33.2 Å². The summed E-state index contributed by atoms with van der Waals surface area (Å²) in [5.41, 5.74) is 1.82. The highest BCUT2D eigenvalue weighted by Crippen LogP contribution is 2.41. The van der Waals surface area contributed by atoms with E-state index in [4.69, 9.17) is 4.74 Å². The van der Waals surface area contributed by atoms with Gasteiger partial charge in [-0.1, -0.05) is 64.5 Å². The lowest BCUT2D eigenvalue weighted by Crippen LogP contribution is -2.43. The normalized spacial score (nSPS) is 15.3. The Bertz CT molecular complexity index is 1420. The summed E-state index contributed by atoms with van der Waals surface area (Å²) >= 11 is 3.45. The van der Waals surface area contributed by atoms with Gasteiger partial charge in [0.2, 0.25) is 0 Å². The molecule has 4 nitrogen and oxygen atoms in total. The number of hydrogen-bond acceptors (Lipinski definition) is 3. The number of carbonyl (C=O) groups excluding carboxylic acids is 1. The molecule has 0 radical (unpaired) electrons. The van der Waals surface area contributed by atoms with Crippen LogP contribution in [0.2, 0.25) is 0 Å². The Morgan fingerprint density at radius 1 is 0.889 bits per heavy atom. The molecule has 1 heterocycles. The van der Waals surface area contributed by atoms with E-state index in [2.05, 4.69) is 21.2 Å². The van der Waals surface area contributed by atoms with Crippen molar-refractivity contribution < 1.29 is 22.7 Å². The minimum Gasteiger partial charge on any atom is -0.488 e. The van der Waals surface area contributed by atoms with E-state index in [9.17, 15) is 18.0 Å². The van der Waals surface area contributed by atoms with Gasteiger partial charge in [-0.15, -0.1) is 0 Å². The van der Waals surface area contributed by atoms with Crippen LogP contribution in [-0.4, -0.2) is 5.91 Å². The van der Waals surface area contributed by atoms with Gasteiger partial charge in [0.25, 0.3) is 5.91 Å². The SMILES string of the molecule is O=C1c2ccccc2N[C@H](c2ccccc2OCc2cccc(Br)c2)N1c1cccc(C(F)(F)F)c1. The predicted octanol–water partition coefficient (Wildman–Crippen LogP) is 7.82. The van der Waals surface area contributed by atoms with Gasteiger partial charge in [0.1, 0.15) is 18.5 Å². The third-order valence-electron chi connectivity index (χ3n) is 5.88. The quantitative estimate of drug-likeness (QED) is 0.274. The van der Waals surface area contributed by atoms with E-state index in [0.29, 0.717) is 22.6 Å². The zero-order valence-corrected chi connectivity index (χ0v) is 20.4. The number of amides is 1. The Balaban J connectivity index is 1.57. The average molecular weight is 553 g/mol. The third-order valence-corrected chi connectivity index (χ3v) is 6.37. The standard InChI is InChI=1S/C28H20BrF3N2O2/c29-20-9-5-7-18(15-20)17-36-25-14-4-2-12-23(25)26-33-24-13-3-1-11-22(24)27(35)34(26)21-10-6-8-19(16-21)28(30,31)32/h1-16,26,33H,17H2/t26-/m0/s1. The van der Waals surface area contributed by atoms with Crippen molar-refractivity contribution in [3.05, 3.63) is 124 Å². The van der Waals surface area contributed by atoms with Crippen LogP contribution in [-0.2, 0) is 12.8 Å². The van der Waals surface area contributed by atoms with Crippen LogP contribution in [0, 0.1) is 0 Å². The van der Waals surface area contributed by atoms with Crippen molar-refractivity contribution in [3.63, 3.8) is 0 Å². The maximum atomic E-state index is 13.6. The van der Waals surface area contributed by atoms with Gasteiger partial charge < -0.3 is 10.1 Å². The Morgan fingerprint density at radius 3 is 2.44 bits per heavy atom. The number of alkyl halides is 3. The number of anilines is 2. The van der Waals surface area contributed by atoms with Gasteiger partial charge in [0.15, 0.2) is 0 Å². The molecule has 8 heteroatoms. The Kier molecular flexibility index (Phi) is 6.45. The molecule has 1 amide bonds. The molecule has 36 heavy (non-hydrogen) atoms. The summed E-state index contributed by atoms with van der Waals surface area (Å²) in [4.78, 5) is 15.0. The fraction of sp³-hybridized carbons (Fsp3) is 0.107. The van der Waals surface area contributed by atoms with Crippen molar-refractivity contribution in [2.45, 2.75) is 18.9 Å². The summed E-state index contributed by atoms with van der Waals surface area (Å²) in [6, 6.07) is 26.6. The number of hydrogen-bond donors (Lipinski definition) is 1. The van der Waals surface area contributed by atoms with Crippen molar-refractivity contribution >= 4 is 33.2 Å². The summed E-state index contributed by atoms with van der Waals surface area (Å²) in [6.07, 6.45) is -5.34. The fourth-order valence-electron chi connectivity index (χ4n) is 4.20. The second-order valence-electron chi connectivity index (χ2n) is 8.27. The Morgan fingerprint density at radius 2 is 1.64 bits per heavy atom. The highest BCUT2D eigenvalue weighted by atomic mass is 79.9. The smallest absolute Gasteiger partial charge is 0.416 e. The molecular formula is C28H20BrF3N2O2. The molecule has 0 saturated heterocycles. The number of fused-ring (bicyclic) bond motifs is 1. The molecule has 1 aliphatic heterocycles. The van der Waals surface area contributed by atoms with Crippen LogP contribution >= 0.6 is 15.9 Å². The first-order valence-corrected chi connectivity index (χ1v) is 11.9. The van der Waals surface area contributed by atoms with E-state index in [1.807, 2.05) is 30.3 Å². The zero-order valence-electron chi connectivity index (χ0n) is 18.8. The number of carbonyl (C=O) groups is 1. The van der Waals surface area contributed by atoms with E-state index in [1.165, 1.54) is 17.0 Å². The minimum atomic E-state index is -4.54. The summed E-state index contributed by atoms with van der Waals surface area (Å²) < 4.78 is 47.6. The Hall–Kier alpha value is -3.78. The number of nitrogens with one attached hydrogen (secondary N) is 1. The summed E-state index contributed by atoms with van der Waals surface area (Å²) in [5.74, 6) is 0.106. The van der Waals surface area contributed by atoms with Crippen LogP contribution in [0.3, 0.4) is 0 Å². The van der Waals surface area contributed by atoms with Gasteiger partial charge >= 0.3 is 6.18 Å². The molecular weight excluding hydrogens is 533 g/mol. The molecule has 5 rings (SSSR count). The molecule has 1 N–H and O–H groups in total. The van der Waals surface area contributed by atoms with E-state index >= 15 is 0 Å². The molecule has 0 saturated carbocycles. The van der Waals surface area contributed by atoms with Crippen molar-refractivity contribution in [2.75, 3.05) is 10.2 Å². The average Bonchev–Trinajstić information content (AvgIpc) is 2.87. The number of para-hydroxylation sites is 2. The van der Waals surface area contributed by atoms with Gasteiger partial charge in [-0.05, 0) is 54.1 Å². The molecule has 0 bridgehead atoms. The van der Waals surface area contributed by atoms with Crippen LogP contribution in [0.15, 0.2) is 102 Å². The van der Waals surface area contributed by atoms with Gasteiger partial charge in [-0.25, -0.2) is 0 Å². The lowest BCUT2D eigenvalue weighted by molar-refractivity contribution is -0.137. The molecule has 4 aromatic carbocycles. The number of halogens is 4. The molecule has 1 aliphatic rings. The highest BCUT2D eigenvalue weighted by Gasteiger charge is 2.37. The molecule has 4 aromatic rings. The molecule has 0 fully saturated rings. The Labute approximate surface area is 214 Å². The topological polar surface area (TPSA) is 41.6 Å². The highest BCUT2D eigenvalue weighted by molar-refractivity contribution is 9.10. The predicted molar refractivity (Wildman–Crippen MR) is 136 cm³/mol. The molecule has 0 unspecified atom stereocenters. The van der Waals surface area contributed by atoms with Crippen LogP contribution in [0.4, 0.5) is 24.5 Å². The van der Waals surface area contributed by atoms with E-state index in [0.717, 1.165) is 22.2 Å². The number of rotatable bonds is 5. The number of ether oxygens (including phenoxy) is 1. The van der Waals surface area contributed by atoms with E-state index in [-0.39, 0.29) is 12.3 Å². The van der Waals surface area contributed by atoms with Gasteiger partial charge in [-0.3, -0.25) is 9.69 Å². The fourth-order valence-corrected chi connectivity index (χ4v) is 4.64. The second-order valence-corrected chi connectivity index (χ2v) is 9.19. The van der Waals surface area contributed by atoms with E-state index < -0.39 is 23.8 Å². The van der Waals surface area contributed by atoms with Gasteiger partial charge in [0, 0.05) is 21.4 Å². The monoisotopic (exact) mass is 552 g/mol. The molecule has 0 aromatic heterocycles.